The minimum absolute atomic E-state index is 0.128. The topological polar surface area (TPSA) is 50.7 Å². The number of nitrogens with one attached hydrogen (secondary N) is 1. The van der Waals surface area contributed by atoms with Crippen molar-refractivity contribution >= 4 is 11.0 Å². The summed E-state index contributed by atoms with van der Waals surface area (Å²) in [6, 6.07) is 20.3. The van der Waals surface area contributed by atoms with E-state index < -0.39 is 0 Å². The van der Waals surface area contributed by atoms with Gasteiger partial charge in [0.2, 0.25) is 0 Å². The van der Waals surface area contributed by atoms with E-state index in [9.17, 15) is 4.79 Å². The molecule has 4 aromatic rings. The van der Waals surface area contributed by atoms with Gasteiger partial charge in [-0.25, -0.2) is 4.98 Å². The number of aromatic amines is 1. The number of aromatic nitrogens is 3. The monoisotopic (exact) mass is 357 g/mol. The van der Waals surface area contributed by atoms with Gasteiger partial charge in [0.05, 0.1) is 16.6 Å². The molecule has 0 aliphatic carbocycles. The van der Waals surface area contributed by atoms with Gasteiger partial charge in [0.25, 0.3) is 5.56 Å². The molecular weight excluding hydrogens is 334 g/mol. The van der Waals surface area contributed by atoms with Crippen LogP contribution >= 0.6 is 0 Å². The highest BCUT2D eigenvalue weighted by Crippen LogP contribution is 2.26. The number of benzene rings is 2. The van der Waals surface area contributed by atoms with Gasteiger partial charge < -0.3 is 9.55 Å². The number of para-hydroxylation sites is 2. The first-order chi connectivity index (χ1) is 12.9. The van der Waals surface area contributed by atoms with Gasteiger partial charge in [-0.15, -0.1) is 0 Å². The fraction of sp³-hybridized carbons (Fsp3) is 0.217. The summed E-state index contributed by atoms with van der Waals surface area (Å²) in [5, 5.41) is 0. The van der Waals surface area contributed by atoms with Crippen molar-refractivity contribution in [1.29, 1.82) is 0 Å². The molecule has 0 fully saturated rings. The van der Waals surface area contributed by atoms with Crippen LogP contribution in [0.25, 0.3) is 22.4 Å². The maximum atomic E-state index is 12.3. The summed E-state index contributed by atoms with van der Waals surface area (Å²) in [4.78, 5) is 19.8. The highest BCUT2D eigenvalue weighted by Gasteiger charge is 2.16. The average molecular weight is 357 g/mol. The van der Waals surface area contributed by atoms with Crippen LogP contribution in [-0.4, -0.2) is 14.5 Å². The van der Waals surface area contributed by atoms with Crippen LogP contribution in [0.15, 0.2) is 71.7 Å². The quantitative estimate of drug-likeness (QED) is 0.576. The van der Waals surface area contributed by atoms with Gasteiger partial charge in [0.15, 0.2) is 0 Å². The first kappa shape index (κ1) is 17.3. The van der Waals surface area contributed by atoms with Crippen LogP contribution in [0.3, 0.4) is 0 Å². The van der Waals surface area contributed by atoms with E-state index in [1.807, 2.05) is 36.4 Å². The zero-order valence-corrected chi connectivity index (χ0v) is 15.9. The predicted molar refractivity (Wildman–Crippen MR) is 110 cm³/mol. The van der Waals surface area contributed by atoms with Gasteiger partial charge in [-0.3, -0.25) is 4.79 Å². The van der Waals surface area contributed by atoms with Crippen LogP contribution in [-0.2, 0) is 12.0 Å². The lowest BCUT2D eigenvalue weighted by atomic mass is 9.87. The van der Waals surface area contributed by atoms with E-state index in [0.717, 1.165) is 11.0 Å². The summed E-state index contributed by atoms with van der Waals surface area (Å²) in [5.41, 5.74) is 4.99. The van der Waals surface area contributed by atoms with Crippen LogP contribution in [0.2, 0.25) is 0 Å². The standard InChI is InChI=1S/C23H23N3O/c1-23(2,3)17-12-10-16(11-13-17)15-26-20-9-5-4-8-19(20)25-21(26)18-7-6-14-24-22(18)27/h4-14H,15H2,1-3H3,(H,24,27). The number of hydrogen-bond acceptors (Lipinski definition) is 2. The Labute approximate surface area is 158 Å². The summed E-state index contributed by atoms with van der Waals surface area (Å²) in [6.45, 7) is 7.30. The third kappa shape index (κ3) is 3.31. The van der Waals surface area contributed by atoms with E-state index in [4.69, 9.17) is 4.98 Å². The van der Waals surface area contributed by atoms with Crippen molar-refractivity contribution in [1.82, 2.24) is 14.5 Å². The van der Waals surface area contributed by atoms with Gasteiger partial charge >= 0.3 is 0 Å². The Morgan fingerprint density at radius 2 is 1.70 bits per heavy atom. The minimum Gasteiger partial charge on any atom is -0.328 e. The number of pyridine rings is 1. The number of fused-ring (bicyclic) bond motifs is 1. The number of nitrogens with zero attached hydrogens (tertiary/aromatic N) is 2. The molecule has 0 bridgehead atoms. The molecule has 2 aromatic heterocycles. The van der Waals surface area contributed by atoms with Crippen molar-refractivity contribution in [2.75, 3.05) is 0 Å². The van der Waals surface area contributed by atoms with E-state index in [-0.39, 0.29) is 11.0 Å². The first-order valence-electron chi connectivity index (χ1n) is 9.16. The Hall–Kier alpha value is -3.14. The fourth-order valence-electron chi connectivity index (χ4n) is 3.33. The maximum absolute atomic E-state index is 12.3. The lowest BCUT2D eigenvalue weighted by Crippen LogP contribution is -2.12. The van der Waals surface area contributed by atoms with Crippen LogP contribution in [0.4, 0.5) is 0 Å². The second-order valence-corrected chi connectivity index (χ2v) is 7.87. The Balaban J connectivity index is 1.82. The summed E-state index contributed by atoms with van der Waals surface area (Å²) >= 11 is 0. The largest absolute Gasteiger partial charge is 0.328 e. The summed E-state index contributed by atoms with van der Waals surface area (Å²) in [7, 11) is 0. The SMILES string of the molecule is CC(C)(C)c1ccc(Cn2c(-c3ccc[nH]c3=O)nc3ccccc32)cc1. The van der Waals surface area contributed by atoms with Crippen molar-refractivity contribution in [3.63, 3.8) is 0 Å². The Bertz CT molecular complexity index is 1140. The molecule has 0 saturated heterocycles. The molecule has 0 aliphatic heterocycles. The number of imidazole rings is 1. The molecule has 2 aromatic carbocycles. The molecular formula is C23H23N3O. The van der Waals surface area contributed by atoms with Crippen LogP contribution in [0.1, 0.15) is 31.9 Å². The molecule has 0 saturated carbocycles. The molecule has 0 atom stereocenters. The molecule has 1 N–H and O–H groups in total. The lowest BCUT2D eigenvalue weighted by molar-refractivity contribution is 0.590. The molecule has 2 heterocycles. The smallest absolute Gasteiger partial charge is 0.258 e. The molecule has 0 unspecified atom stereocenters. The van der Waals surface area contributed by atoms with Gasteiger partial charge in [0.1, 0.15) is 5.82 Å². The summed E-state index contributed by atoms with van der Waals surface area (Å²) in [6.07, 6.45) is 1.64. The van der Waals surface area contributed by atoms with Crippen LogP contribution < -0.4 is 5.56 Å². The van der Waals surface area contributed by atoms with Crippen LogP contribution in [0.5, 0.6) is 0 Å². The van der Waals surface area contributed by atoms with E-state index in [0.29, 0.717) is 17.9 Å². The van der Waals surface area contributed by atoms with E-state index in [1.54, 1.807) is 6.20 Å². The summed E-state index contributed by atoms with van der Waals surface area (Å²) < 4.78 is 2.12. The highest BCUT2D eigenvalue weighted by molar-refractivity contribution is 5.80. The van der Waals surface area contributed by atoms with E-state index >= 15 is 0 Å². The van der Waals surface area contributed by atoms with Gasteiger partial charge in [-0.2, -0.15) is 0 Å². The third-order valence-corrected chi connectivity index (χ3v) is 4.87. The minimum atomic E-state index is -0.128. The third-order valence-electron chi connectivity index (χ3n) is 4.87. The Kier molecular flexibility index (Phi) is 4.19. The second-order valence-electron chi connectivity index (χ2n) is 7.87. The Morgan fingerprint density at radius 3 is 2.41 bits per heavy atom. The summed E-state index contributed by atoms with van der Waals surface area (Å²) in [5.74, 6) is 0.693. The Morgan fingerprint density at radius 1 is 0.963 bits per heavy atom. The molecule has 0 radical (unpaired) electrons. The molecule has 27 heavy (non-hydrogen) atoms. The number of hydrogen-bond donors (Lipinski definition) is 1. The number of rotatable bonds is 3. The fourth-order valence-corrected chi connectivity index (χ4v) is 3.33. The molecule has 4 nitrogen and oxygen atoms in total. The lowest BCUT2D eigenvalue weighted by Gasteiger charge is -2.19. The normalized spacial score (nSPS) is 11.8. The molecule has 4 heteroatoms. The molecule has 0 spiro atoms. The average Bonchev–Trinajstić information content (AvgIpc) is 3.00. The van der Waals surface area contributed by atoms with Gasteiger partial charge in [0, 0.05) is 12.7 Å². The van der Waals surface area contributed by atoms with Gasteiger partial charge in [-0.1, -0.05) is 57.2 Å². The maximum Gasteiger partial charge on any atom is 0.258 e. The molecule has 4 rings (SSSR count). The van der Waals surface area contributed by atoms with Crippen molar-refractivity contribution in [3.8, 4) is 11.4 Å². The van der Waals surface area contributed by atoms with Crippen LogP contribution in [0, 0.1) is 0 Å². The second kappa shape index (κ2) is 6.54. The first-order valence-corrected chi connectivity index (χ1v) is 9.16. The molecule has 136 valence electrons. The van der Waals surface area contributed by atoms with Crippen molar-refractivity contribution in [2.45, 2.75) is 32.7 Å². The van der Waals surface area contributed by atoms with Gasteiger partial charge in [-0.05, 0) is 40.8 Å². The predicted octanol–water partition coefficient (Wildman–Crippen LogP) is 4.74. The molecule has 0 aliphatic rings. The van der Waals surface area contributed by atoms with E-state index in [2.05, 4.69) is 54.6 Å². The highest BCUT2D eigenvalue weighted by atomic mass is 16.1. The zero-order valence-electron chi connectivity index (χ0n) is 15.9. The molecule has 0 amide bonds. The van der Waals surface area contributed by atoms with E-state index in [1.165, 1.54) is 11.1 Å². The van der Waals surface area contributed by atoms with Crippen molar-refractivity contribution < 1.29 is 0 Å². The number of H-pyrrole nitrogens is 1. The zero-order chi connectivity index (χ0) is 19.0. The van der Waals surface area contributed by atoms with Crippen molar-refractivity contribution in [3.05, 3.63) is 88.3 Å². The van der Waals surface area contributed by atoms with Crippen molar-refractivity contribution in [2.24, 2.45) is 0 Å².